The number of rotatable bonds is 6. The van der Waals surface area contributed by atoms with E-state index < -0.39 is 5.60 Å². The van der Waals surface area contributed by atoms with E-state index in [0.29, 0.717) is 18.4 Å². The lowest BCUT2D eigenvalue weighted by atomic mass is 9.97. The van der Waals surface area contributed by atoms with Crippen LogP contribution in [0.25, 0.3) is 10.6 Å². The highest BCUT2D eigenvalue weighted by Gasteiger charge is 2.22. The monoisotopic (exact) mass is 318 g/mol. The van der Waals surface area contributed by atoms with E-state index in [-0.39, 0.29) is 12.5 Å². The van der Waals surface area contributed by atoms with E-state index in [9.17, 15) is 9.90 Å². The minimum Gasteiger partial charge on any atom is -0.388 e. The molecule has 1 aromatic heterocycles. The molecule has 0 atom stereocenters. The van der Waals surface area contributed by atoms with Gasteiger partial charge in [-0.05, 0) is 31.9 Å². The van der Waals surface area contributed by atoms with Gasteiger partial charge in [0.25, 0.3) is 5.91 Å². The quantitative estimate of drug-likeness (QED) is 0.858. The number of nitrogens with one attached hydrogen (secondary N) is 1. The van der Waals surface area contributed by atoms with E-state index in [1.165, 1.54) is 0 Å². The Labute approximate surface area is 135 Å². The van der Waals surface area contributed by atoms with Crippen molar-refractivity contribution < 1.29 is 9.90 Å². The van der Waals surface area contributed by atoms with Crippen LogP contribution in [0.2, 0.25) is 0 Å². The number of thiazole rings is 1. The number of amides is 1. The number of aliphatic hydroxyl groups is 1. The lowest BCUT2D eigenvalue weighted by molar-refractivity contribution is 0.0314. The van der Waals surface area contributed by atoms with Crippen LogP contribution in [0, 0.1) is 6.92 Å². The molecule has 1 aromatic carbocycles. The molecule has 0 saturated heterocycles. The van der Waals surface area contributed by atoms with E-state index >= 15 is 0 Å². The van der Waals surface area contributed by atoms with Gasteiger partial charge < -0.3 is 10.4 Å². The lowest BCUT2D eigenvalue weighted by Crippen LogP contribution is -2.42. The molecule has 118 valence electrons. The first-order valence-corrected chi connectivity index (χ1v) is 8.38. The molecule has 0 aliphatic heterocycles. The Morgan fingerprint density at radius 3 is 2.41 bits per heavy atom. The highest BCUT2D eigenvalue weighted by molar-refractivity contribution is 7.13. The molecular formula is C17H22N2O2S. The maximum absolute atomic E-state index is 12.1. The van der Waals surface area contributed by atoms with Crippen LogP contribution < -0.4 is 5.32 Å². The molecule has 2 rings (SSSR count). The zero-order valence-corrected chi connectivity index (χ0v) is 14.0. The Morgan fingerprint density at radius 1 is 1.27 bits per heavy atom. The topological polar surface area (TPSA) is 62.2 Å². The first kappa shape index (κ1) is 16.6. The van der Waals surface area contributed by atoms with Crippen molar-refractivity contribution in [2.45, 2.75) is 39.2 Å². The molecule has 2 aromatic rings. The number of carbonyl (C=O) groups excluding carboxylic acids is 1. The van der Waals surface area contributed by atoms with Crippen molar-refractivity contribution >= 4 is 17.2 Å². The van der Waals surface area contributed by atoms with Gasteiger partial charge in [0.05, 0.1) is 5.60 Å². The van der Waals surface area contributed by atoms with Crippen LogP contribution in [-0.2, 0) is 0 Å². The van der Waals surface area contributed by atoms with E-state index in [2.05, 4.69) is 10.3 Å². The molecule has 1 heterocycles. The van der Waals surface area contributed by atoms with Crippen LogP contribution in [0.4, 0.5) is 0 Å². The smallest absolute Gasteiger partial charge is 0.251 e. The molecule has 22 heavy (non-hydrogen) atoms. The number of aromatic nitrogens is 1. The van der Waals surface area contributed by atoms with Crippen molar-refractivity contribution in [3.05, 3.63) is 40.9 Å². The summed E-state index contributed by atoms with van der Waals surface area (Å²) in [5.74, 6) is -0.165. The minimum absolute atomic E-state index is 0.165. The summed E-state index contributed by atoms with van der Waals surface area (Å²) in [6.45, 7) is 6.07. The molecule has 0 spiro atoms. The summed E-state index contributed by atoms with van der Waals surface area (Å²) < 4.78 is 0. The largest absolute Gasteiger partial charge is 0.388 e. The molecule has 0 unspecified atom stereocenters. The van der Waals surface area contributed by atoms with Gasteiger partial charge >= 0.3 is 0 Å². The Morgan fingerprint density at radius 2 is 1.91 bits per heavy atom. The molecule has 0 fully saturated rings. The molecule has 4 nitrogen and oxygen atoms in total. The van der Waals surface area contributed by atoms with Crippen molar-refractivity contribution in [1.29, 1.82) is 0 Å². The fourth-order valence-corrected chi connectivity index (χ4v) is 2.90. The molecular weight excluding hydrogens is 296 g/mol. The Kier molecular flexibility index (Phi) is 5.32. The maximum Gasteiger partial charge on any atom is 0.251 e. The normalized spacial score (nSPS) is 11.5. The van der Waals surface area contributed by atoms with Crippen molar-refractivity contribution in [2.75, 3.05) is 6.54 Å². The van der Waals surface area contributed by atoms with Crippen LogP contribution in [-0.4, -0.2) is 28.1 Å². The highest BCUT2D eigenvalue weighted by Crippen LogP contribution is 2.23. The van der Waals surface area contributed by atoms with E-state index in [4.69, 9.17) is 0 Å². The fraction of sp³-hybridized carbons (Fsp3) is 0.412. The third-order valence-electron chi connectivity index (χ3n) is 3.91. The molecule has 5 heteroatoms. The summed E-state index contributed by atoms with van der Waals surface area (Å²) in [6, 6.07) is 7.38. The number of benzene rings is 1. The predicted octanol–water partition coefficient (Wildman–Crippen LogP) is 3.40. The van der Waals surface area contributed by atoms with Crippen LogP contribution in [0.5, 0.6) is 0 Å². The highest BCUT2D eigenvalue weighted by atomic mass is 32.1. The number of carbonyl (C=O) groups is 1. The minimum atomic E-state index is -0.825. The zero-order valence-electron chi connectivity index (χ0n) is 13.2. The van der Waals surface area contributed by atoms with Crippen molar-refractivity contribution in [1.82, 2.24) is 10.3 Å². The molecule has 0 aliphatic carbocycles. The second-order valence-electron chi connectivity index (χ2n) is 5.49. The first-order valence-electron chi connectivity index (χ1n) is 7.50. The summed E-state index contributed by atoms with van der Waals surface area (Å²) >= 11 is 1.59. The van der Waals surface area contributed by atoms with Gasteiger partial charge in [0, 0.05) is 28.7 Å². The van der Waals surface area contributed by atoms with E-state index in [0.717, 1.165) is 16.3 Å². The second kappa shape index (κ2) is 7.03. The van der Waals surface area contributed by atoms with Gasteiger partial charge in [0.2, 0.25) is 0 Å². The number of aryl methyl sites for hydroxylation is 1. The lowest BCUT2D eigenvalue weighted by Gasteiger charge is -2.25. The summed E-state index contributed by atoms with van der Waals surface area (Å²) in [5, 5.41) is 16.0. The van der Waals surface area contributed by atoms with Gasteiger partial charge in [0.1, 0.15) is 5.01 Å². The van der Waals surface area contributed by atoms with E-state index in [1.54, 1.807) is 23.5 Å². The van der Waals surface area contributed by atoms with Gasteiger partial charge in [-0.3, -0.25) is 4.79 Å². The van der Waals surface area contributed by atoms with Crippen LogP contribution in [0.15, 0.2) is 29.6 Å². The maximum atomic E-state index is 12.1. The molecule has 2 N–H and O–H groups in total. The number of hydrogen-bond acceptors (Lipinski definition) is 4. The average molecular weight is 318 g/mol. The van der Waals surface area contributed by atoms with Crippen molar-refractivity contribution in [2.24, 2.45) is 0 Å². The van der Waals surface area contributed by atoms with Crippen LogP contribution >= 0.6 is 11.3 Å². The first-order chi connectivity index (χ1) is 10.5. The summed E-state index contributed by atoms with van der Waals surface area (Å²) in [4.78, 5) is 16.6. The summed E-state index contributed by atoms with van der Waals surface area (Å²) in [5.41, 5.74) is 1.77. The summed E-state index contributed by atoms with van der Waals surface area (Å²) in [6.07, 6.45) is 1.23. The number of hydrogen-bond donors (Lipinski definition) is 2. The standard InChI is InChI=1S/C17H22N2O2S/c1-4-17(21,5-2)11-18-15(20)13-6-8-14(9-7-13)16-19-12(3)10-22-16/h6-10,21H,4-5,11H2,1-3H3,(H,18,20). The van der Waals surface area contributed by atoms with Gasteiger partial charge in [-0.15, -0.1) is 11.3 Å². The Bertz CT molecular complexity index is 630. The third kappa shape index (κ3) is 3.93. The van der Waals surface area contributed by atoms with Gasteiger partial charge in [-0.1, -0.05) is 26.0 Å². The average Bonchev–Trinajstić information content (AvgIpc) is 2.99. The Hall–Kier alpha value is -1.72. The predicted molar refractivity (Wildman–Crippen MR) is 90.2 cm³/mol. The van der Waals surface area contributed by atoms with Crippen LogP contribution in [0.1, 0.15) is 42.7 Å². The number of nitrogens with zero attached hydrogens (tertiary/aromatic N) is 1. The third-order valence-corrected chi connectivity index (χ3v) is 4.92. The zero-order chi connectivity index (χ0) is 16.2. The van der Waals surface area contributed by atoms with Gasteiger partial charge in [0.15, 0.2) is 0 Å². The van der Waals surface area contributed by atoms with Crippen molar-refractivity contribution in [3.8, 4) is 10.6 Å². The molecule has 0 saturated carbocycles. The molecule has 0 aliphatic rings. The second-order valence-corrected chi connectivity index (χ2v) is 6.34. The summed E-state index contributed by atoms with van der Waals surface area (Å²) in [7, 11) is 0. The van der Waals surface area contributed by atoms with Crippen molar-refractivity contribution in [3.63, 3.8) is 0 Å². The molecule has 0 bridgehead atoms. The Balaban J connectivity index is 2.02. The molecule has 0 radical (unpaired) electrons. The fourth-order valence-electron chi connectivity index (χ4n) is 2.10. The van der Waals surface area contributed by atoms with Gasteiger partial charge in [-0.2, -0.15) is 0 Å². The SMILES string of the molecule is CCC(O)(CC)CNC(=O)c1ccc(-c2nc(C)cs2)cc1. The van der Waals surface area contributed by atoms with Crippen LogP contribution in [0.3, 0.4) is 0 Å². The molecule has 1 amide bonds. The van der Waals surface area contributed by atoms with E-state index in [1.807, 2.05) is 38.3 Å². The van der Waals surface area contributed by atoms with Gasteiger partial charge in [-0.25, -0.2) is 4.98 Å².